The molecule has 0 saturated carbocycles. The van der Waals surface area contributed by atoms with Gasteiger partial charge >= 0.3 is 0 Å². The molecule has 78 valence electrons. The molecule has 5 heteroatoms. The van der Waals surface area contributed by atoms with E-state index in [0.717, 1.165) is 21.5 Å². The van der Waals surface area contributed by atoms with Crippen molar-refractivity contribution in [1.29, 1.82) is 0 Å². The molecule has 15 heavy (non-hydrogen) atoms. The minimum atomic E-state index is 0.545. The molecule has 2 aromatic heterocycles. The molecule has 0 aliphatic carbocycles. The third-order valence-electron chi connectivity index (χ3n) is 1.71. The van der Waals surface area contributed by atoms with Crippen molar-refractivity contribution in [3.63, 3.8) is 0 Å². The number of pyridine rings is 1. The van der Waals surface area contributed by atoms with Crippen LogP contribution in [-0.2, 0) is 5.75 Å². The molecule has 0 saturated heterocycles. The fraction of sp³-hybridized carbons (Fsp3) is 0.200. The maximum absolute atomic E-state index is 5.80. The number of thioether (sulfide) groups is 1. The van der Waals surface area contributed by atoms with Crippen molar-refractivity contribution in [2.75, 3.05) is 0 Å². The molecular weight excluding hydrogens is 248 g/mol. The van der Waals surface area contributed by atoms with Crippen LogP contribution in [0.25, 0.3) is 0 Å². The van der Waals surface area contributed by atoms with E-state index in [1.54, 1.807) is 29.2 Å². The third-order valence-corrected chi connectivity index (χ3v) is 4.10. The average Bonchev–Trinajstić information content (AvgIpc) is 2.62. The predicted octanol–water partition coefficient (Wildman–Crippen LogP) is 3.79. The molecule has 0 amide bonds. The van der Waals surface area contributed by atoms with Crippen LogP contribution in [0.4, 0.5) is 0 Å². The van der Waals surface area contributed by atoms with E-state index in [1.165, 1.54) is 0 Å². The van der Waals surface area contributed by atoms with Crippen molar-refractivity contribution in [1.82, 2.24) is 9.97 Å². The second-order valence-electron chi connectivity index (χ2n) is 3.00. The first kappa shape index (κ1) is 10.9. The summed E-state index contributed by atoms with van der Waals surface area (Å²) in [4.78, 5) is 8.59. The van der Waals surface area contributed by atoms with Gasteiger partial charge in [-0.15, -0.1) is 11.3 Å². The molecule has 0 spiro atoms. The van der Waals surface area contributed by atoms with Crippen LogP contribution in [0.5, 0.6) is 0 Å². The highest BCUT2D eigenvalue weighted by Gasteiger charge is 2.01. The number of nitrogens with zero attached hydrogens (tertiary/aromatic N) is 2. The van der Waals surface area contributed by atoms with Crippen molar-refractivity contribution in [2.24, 2.45) is 0 Å². The zero-order valence-corrected chi connectivity index (χ0v) is 10.5. The van der Waals surface area contributed by atoms with E-state index in [2.05, 4.69) is 9.97 Å². The largest absolute Gasteiger partial charge is 0.240 e. The summed E-state index contributed by atoms with van der Waals surface area (Å²) >= 11 is 9.15. The van der Waals surface area contributed by atoms with E-state index < -0.39 is 0 Å². The Morgan fingerprint density at radius 1 is 1.40 bits per heavy atom. The summed E-state index contributed by atoms with van der Waals surface area (Å²) in [5.41, 5.74) is 2.06. The number of hydrogen-bond donors (Lipinski definition) is 0. The third kappa shape index (κ3) is 3.19. The van der Waals surface area contributed by atoms with E-state index in [-0.39, 0.29) is 0 Å². The highest BCUT2D eigenvalue weighted by molar-refractivity contribution is 8.00. The maximum Gasteiger partial charge on any atom is 0.150 e. The highest BCUT2D eigenvalue weighted by Crippen LogP contribution is 2.25. The van der Waals surface area contributed by atoms with Crippen molar-refractivity contribution in [3.05, 3.63) is 40.1 Å². The quantitative estimate of drug-likeness (QED) is 0.617. The van der Waals surface area contributed by atoms with Crippen molar-refractivity contribution in [3.8, 4) is 0 Å². The average molecular weight is 257 g/mol. The van der Waals surface area contributed by atoms with Gasteiger partial charge in [0.2, 0.25) is 0 Å². The molecule has 2 nitrogen and oxygen atoms in total. The molecule has 0 aliphatic heterocycles. The molecular formula is C10H9ClN2S2. The number of aryl methyl sites for hydroxylation is 1. The van der Waals surface area contributed by atoms with E-state index in [1.807, 2.05) is 24.4 Å². The Balaban J connectivity index is 1.99. The lowest BCUT2D eigenvalue weighted by Crippen LogP contribution is -1.86. The van der Waals surface area contributed by atoms with Gasteiger partial charge in [-0.2, -0.15) is 0 Å². The van der Waals surface area contributed by atoms with Gasteiger partial charge in [0.25, 0.3) is 0 Å². The number of rotatable bonds is 3. The SMILES string of the molecule is Cc1csc(SCc2cccc(Cl)n2)n1. The first-order chi connectivity index (χ1) is 7.24. The zero-order chi connectivity index (χ0) is 10.7. The summed E-state index contributed by atoms with van der Waals surface area (Å²) in [6, 6.07) is 5.67. The van der Waals surface area contributed by atoms with E-state index in [9.17, 15) is 0 Å². The van der Waals surface area contributed by atoms with Gasteiger partial charge in [-0.25, -0.2) is 9.97 Å². The summed E-state index contributed by atoms with van der Waals surface area (Å²) in [6.07, 6.45) is 0. The van der Waals surface area contributed by atoms with Crippen LogP contribution in [0.3, 0.4) is 0 Å². The molecule has 0 N–H and O–H groups in total. The molecule has 2 heterocycles. The molecule has 0 aliphatic rings. The molecule has 0 fully saturated rings. The van der Waals surface area contributed by atoms with E-state index >= 15 is 0 Å². The Hall–Kier alpha value is -0.580. The Morgan fingerprint density at radius 3 is 2.93 bits per heavy atom. The molecule has 2 rings (SSSR count). The molecule has 2 aromatic rings. The van der Waals surface area contributed by atoms with Gasteiger partial charge in [0.15, 0.2) is 0 Å². The minimum absolute atomic E-state index is 0.545. The number of halogens is 1. The number of thiazole rings is 1. The van der Waals surface area contributed by atoms with Crippen molar-refractivity contribution >= 4 is 34.7 Å². The second-order valence-corrected chi connectivity index (χ2v) is 5.46. The van der Waals surface area contributed by atoms with Crippen LogP contribution in [0.1, 0.15) is 11.4 Å². The van der Waals surface area contributed by atoms with Crippen molar-refractivity contribution < 1.29 is 0 Å². The van der Waals surface area contributed by atoms with Gasteiger partial charge in [0.05, 0.1) is 5.69 Å². The Morgan fingerprint density at radius 2 is 2.27 bits per heavy atom. The smallest absolute Gasteiger partial charge is 0.150 e. The number of hydrogen-bond acceptors (Lipinski definition) is 4. The summed E-state index contributed by atoms with van der Waals surface area (Å²) in [5, 5.41) is 2.59. The van der Waals surface area contributed by atoms with Crippen LogP contribution in [0, 0.1) is 6.92 Å². The topological polar surface area (TPSA) is 25.8 Å². The standard InChI is InChI=1S/C10H9ClN2S2/c1-7-5-14-10(12-7)15-6-8-3-2-4-9(11)13-8/h2-5H,6H2,1H3. The molecule has 0 radical (unpaired) electrons. The van der Waals surface area contributed by atoms with Gasteiger partial charge in [-0.3, -0.25) is 0 Å². The van der Waals surface area contributed by atoms with Gasteiger partial charge in [-0.05, 0) is 19.1 Å². The highest BCUT2D eigenvalue weighted by atomic mass is 35.5. The first-order valence-electron chi connectivity index (χ1n) is 4.40. The maximum atomic E-state index is 5.80. The monoisotopic (exact) mass is 256 g/mol. The minimum Gasteiger partial charge on any atom is -0.240 e. The predicted molar refractivity (Wildman–Crippen MR) is 65.7 cm³/mol. The van der Waals surface area contributed by atoms with Crippen LogP contribution in [0.2, 0.25) is 5.15 Å². The Labute approximate surface area is 102 Å². The van der Waals surface area contributed by atoms with E-state index in [0.29, 0.717) is 5.15 Å². The fourth-order valence-electron chi connectivity index (χ4n) is 1.07. The molecule has 0 bridgehead atoms. The van der Waals surface area contributed by atoms with Gasteiger partial charge < -0.3 is 0 Å². The first-order valence-corrected chi connectivity index (χ1v) is 6.65. The lowest BCUT2D eigenvalue weighted by Gasteiger charge is -1.98. The summed E-state index contributed by atoms with van der Waals surface area (Å²) in [7, 11) is 0. The van der Waals surface area contributed by atoms with E-state index in [4.69, 9.17) is 11.6 Å². The van der Waals surface area contributed by atoms with Gasteiger partial charge in [0, 0.05) is 16.8 Å². The van der Waals surface area contributed by atoms with Crippen LogP contribution in [0.15, 0.2) is 27.9 Å². The van der Waals surface area contributed by atoms with Crippen LogP contribution < -0.4 is 0 Å². The molecule has 0 atom stereocenters. The lowest BCUT2D eigenvalue weighted by molar-refractivity contribution is 1.14. The summed E-state index contributed by atoms with van der Waals surface area (Å²) < 4.78 is 1.08. The fourth-order valence-corrected chi connectivity index (χ4v) is 3.00. The zero-order valence-electron chi connectivity index (χ0n) is 8.11. The van der Waals surface area contributed by atoms with Gasteiger partial charge in [0.1, 0.15) is 9.49 Å². The summed E-state index contributed by atoms with van der Waals surface area (Å²) in [5.74, 6) is 0.813. The van der Waals surface area contributed by atoms with Crippen molar-refractivity contribution in [2.45, 2.75) is 17.0 Å². The molecule has 0 aromatic carbocycles. The number of aromatic nitrogens is 2. The van der Waals surface area contributed by atoms with Crippen LogP contribution in [-0.4, -0.2) is 9.97 Å². The van der Waals surface area contributed by atoms with Gasteiger partial charge in [-0.1, -0.05) is 29.4 Å². The normalized spacial score (nSPS) is 10.5. The van der Waals surface area contributed by atoms with Crippen LogP contribution >= 0.6 is 34.7 Å². The second kappa shape index (κ2) is 4.96. The molecule has 0 unspecified atom stereocenters. The lowest BCUT2D eigenvalue weighted by atomic mass is 10.4. The Kier molecular flexibility index (Phi) is 3.61. The Bertz CT molecular complexity index is 456. The summed E-state index contributed by atoms with van der Waals surface area (Å²) in [6.45, 7) is 2.00.